The fraction of sp³-hybridized carbons (Fsp3) is 0.250. The van der Waals surface area contributed by atoms with Crippen LogP contribution in [0.3, 0.4) is 0 Å². The molecule has 0 aliphatic carbocycles. The predicted molar refractivity (Wildman–Crippen MR) is 135 cm³/mol. The molecule has 0 heterocycles. The first-order valence-electron chi connectivity index (χ1n) is 11.1. The van der Waals surface area contributed by atoms with E-state index < -0.39 is 5.97 Å². The van der Waals surface area contributed by atoms with Crippen LogP contribution >= 0.6 is 0 Å². The van der Waals surface area contributed by atoms with Gasteiger partial charge in [-0.3, -0.25) is 4.79 Å². The van der Waals surface area contributed by atoms with Crippen molar-refractivity contribution in [2.24, 2.45) is 0 Å². The summed E-state index contributed by atoms with van der Waals surface area (Å²) < 4.78 is 17.2. The maximum absolute atomic E-state index is 11.5. The highest BCUT2D eigenvalue weighted by atomic mass is 16.5. The van der Waals surface area contributed by atoms with Crippen LogP contribution in [-0.4, -0.2) is 42.1 Å². The van der Waals surface area contributed by atoms with Crippen molar-refractivity contribution in [1.29, 1.82) is 0 Å². The molecule has 35 heavy (non-hydrogen) atoms. The van der Waals surface area contributed by atoms with Crippen molar-refractivity contribution in [3.63, 3.8) is 0 Å². The van der Waals surface area contributed by atoms with Crippen molar-refractivity contribution >= 4 is 5.97 Å². The topological polar surface area (TPSA) is 105 Å². The van der Waals surface area contributed by atoms with Crippen molar-refractivity contribution in [3.8, 4) is 51.0 Å². The summed E-state index contributed by atoms with van der Waals surface area (Å²) in [6, 6.07) is 13.5. The van der Waals surface area contributed by atoms with E-state index in [1.165, 1.54) is 14.2 Å². The summed E-state index contributed by atoms with van der Waals surface area (Å²) in [7, 11) is 3.06. The number of hydrogen-bond acceptors (Lipinski definition) is 6. The lowest BCUT2D eigenvalue weighted by molar-refractivity contribution is -0.136. The first-order valence-corrected chi connectivity index (χ1v) is 11.1. The molecule has 0 aromatic heterocycles. The molecule has 7 nitrogen and oxygen atoms in total. The zero-order chi connectivity index (χ0) is 25.5. The molecule has 0 radical (unpaired) electrons. The zero-order valence-corrected chi connectivity index (χ0v) is 20.3. The Morgan fingerprint density at radius 2 is 1.60 bits per heavy atom. The van der Waals surface area contributed by atoms with Crippen LogP contribution < -0.4 is 14.2 Å². The van der Waals surface area contributed by atoms with E-state index >= 15 is 0 Å². The molecule has 0 aliphatic heterocycles. The van der Waals surface area contributed by atoms with Crippen molar-refractivity contribution in [3.05, 3.63) is 65.7 Å². The number of rotatable bonds is 10. The average Bonchev–Trinajstić information content (AvgIpc) is 2.82. The van der Waals surface area contributed by atoms with Gasteiger partial charge < -0.3 is 29.5 Å². The van der Waals surface area contributed by atoms with Crippen LogP contribution in [0.4, 0.5) is 0 Å². The lowest BCUT2D eigenvalue weighted by atomic mass is 9.90. The standard InChI is InChI=1S/C28H30O7/c1-17(2)13-14-35-24-11-7-19(15-23(24)30)27-21(10-12-26(31)32)28(34-4)22(16-25(27)33-3)18-5-8-20(29)9-6-18/h5-9,11,13,15-16,29-30H,10,12,14H2,1-4H3,(H,31,32). The van der Waals surface area contributed by atoms with Crippen molar-refractivity contribution < 1.29 is 34.3 Å². The maximum Gasteiger partial charge on any atom is 0.303 e. The van der Waals surface area contributed by atoms with E-state index in [1.807, 2.05) is 19.9 Å². The summed E-state index contributed by atoms with van der Waals surface area (Å²) in [5.74, 6) is 0.466. The number of carbonyl (C=O) groups is 1. The summed E-state index contributed by atoms with van der Waals surface area (Å²) >= 11 is 0. The van der Waals surface area contributed by atoms with Crippen molar-refractivity contribution in [1.82, 2.24) is 0 Å². The van der Waals surface area contributed by atoms with Gasteiger partial charge in [-0.2, -0.15) is 0 Å². The van der Waals surface area contributed by atoms with Crippen LogP contribution in [0, 0.1) is 0 Å². The molecule has 0 unspecified atom stereocenters. The second-order valence-electron chi connectivity index (χ2n) is 8.23. The SMILES string of the molecule is COc1cc(-c2ccc(O)cc2)c(OC)c(CCC(=O)O)c1-c1ccc(OCC=C(C)C)c(O)c1. The minimum absolute atomic E-state index is 0.0440. The van der Waals surface area contributed by atoms with Gasteiger partial charge in [-0.15, -0.1) is 0 Å². The van der Waals surface area contributed by atoms with Crippen LogP contribution in [0.15, 0.2) is 60.2 Å². The summed E-state index contributed by atoms with van der Waals surface area (Å²) in [4.78, 5) is 11.5. The first kappa shape index (κ1) is 25.5. The van der Waals surface area contributed by atoms with Gasteiger partial charge in [0.05, 0.1) is 14.2 Å². The third-order valence-corrected chi connectivity index (χ3v) is 5.51. The second kappa shape index (κ2) is 11.3. The monoisotopic (exact) mass is 478 g/mol. The van der Waals surface area contributed by atoms with Gasteiger partial charge in [-0.1, -0.05) is 23.8 Å². The lowest BCUT2D eigenvalue weighted by Crippen LogP contribution is -2.05. The van der Waals surface area contributed by atoms with E-state index in [0.717, 1.165) is 11.1 Å². The summed E-state index contributed by atoms with van der Waals surface area (Å²) in [5, 5.41) is 29.7. The fourth-order valence-corrected chi connectivity index (χ4v) is 3.82. The number of methoxy groups -OCH3 is 2. The number of carboxylic acids is 1. The molecule has 0 saturated heterocycles. The number of phenols is 2. The molecule has 0 atom stereocenters. The highest BCUT2D eigenvalue weighted by Gasteiger charge is 2.23. The molecule has 0 spiro atoms. The van der Waals surface area contributed by atoms with E-state index in [9.17, 15) is 20.1 Å². The summed E-state index contributed by atoms with van der Waals surface area (Å²) in [5.41, 5.74) is 4.46. The first-order chi connectivity index (χ1) is 16.7. The number of aliphatic carboxylic acids is 1. The van der Waals surface area contributed by atoms with Crippen LogP contribution in [-0.2, 0) is 11.2 Å². The van der Waals surface area contributed by atoms with Gasteiger partial charge >= 0.3 is 5.97 Å². The molecule has 3 N–H and O–H groups in total. The largest absolute Gasteiger partial charge is 0.508 e. The van der Waals surface area contributed by atoms with Crippen molar-refractivity contribution in [2.75, 3.05) is 20.8 Å². The van der Waals surface area contributed by atoms with Gasteiger partial charge in [0.2, 0.25) is 0 Å². The molecule has 0 aliphatic rings. The molecule has 3 rings (SSSR count). The minimum atomic E-state index is -0.946. The number of allylic oxidation sites excluding steroid dienone is 1. The quantitative estimate of drug-likeness (QED) is 0.316. The number of carboxylic acid groups (broad SMARTS) is 1. The number of ether oxygens (including phenoxy) is 3. The zero-order valence-electron chi connectivity index (χ0n) is 20.3. The van der Waals surface area contributed by atoms with Gasteiger partial charge in [0, 0.05) is 23.1 Å². The Bertz CT molecular complexity index is 1220. The Balaban J connectivity index is 2.19. The number of hydrogen-bond donors (Lipinski definition) is 3. The highest BCUT2D eigenvalue weighted by Crippen LogP contribution is 2.47. The van der Waals surface area contributed by atoms with Crippen molar-refractivity contribution in [2.45, 2.75) is 26.7 Å². The average molecular weight is 479 g/mol. The van der Waals surface area contributed by atoms with Gasteiger partial charge in [0.25, 0.3) is 0 Å². The van der Waals surface area contributed by atoms with Gasteiger partial charge in [0.15, 0.2) is 11.5 Å². The third kappa shape index (κ3) is 6.06. The van der Waals surface area contributed by atoms with E-state index in [4.69, 9.17) is 14.2 Å². The number of phenolic OH excluding ortho intramolecular Hbond substituents is 2. The Kier molecular flexibility index (Phi) is 8.25. The van der Waals surface area contributed by atoms with Crippen LogP contribution in [0.25, 0.3) is 22.3 Å². The third-order valence-electron chi connectivity index (χ3n) is 5.51. The lowest BCUT2D eigenvalue weighted by Gasteiger charge is -2.21. The summed E-state index contributed by atoms with van der Waals surface area (Å²) in [6.45, 7) is 4.26. The molecule has 3 aromatic carbocycles. The number of benzene rings is 3. The molecule has 3 aromatic rings. The van der Waals surface area contributed by atoms with E-state index in [2.05, 4.69) is 0 Å². The molecule has 184 valence electrons. The van der Waals surface area contributed by atoms with E-state index in [1.54, 1.807) is 48.5 Å². The van der Waals surface area contributed by atoms with Crippen LogP contribution in [0.1, 0.15) is 25.8 Å². The number of aromatic hydroxyl groups is 2. The fourth-order valence-electron chi connectivity index (χ4n) is 3.82. The van der Waals surface area contributed by atoms with Gasteiger partial charge in [-0.05, 0) is 67.8 Å². The Morgan fingerprint density at radius 3 is 2.17 bits per heavy atom. The Morgan fingerprint density at radius 1 is 0.914 bits per heavy atom. The van der Waals surface area contributed by atoms with E-state index in [-0.39, 0.29) is 24.3 Å². The molecule has 0 fully saturated rings. The normalized spacial score (nSPS) is 10.5. The molecule has 0 bridgehead atoms. The Hall–Kier alpha value is -4.13. The molecule has 0 amide bonds. The van der Waals surface area contributed by atoms with Gasteiger partial charge in [0.1, 0.15) is 23.9 Å². The van der Waals surface area contributed by atoms with Gasteiger partial charge in [-0.25, -0.2) is 0 Å². The summed E-state index contributed by atoms with van der Waals surface area (Å²) in [6.07, 6.45) is 1.96. The predicted octanol–water partition coefficient (Wildman–Crippen LogP) is 5.81. The molecule has 0 saturated carbocycles. The Labute approximate surface area is 204 Å². The molecular formula is C28H30O7. The molecular weight excluding hydrogens is 448 g/mol. The smallest absolute Gasteiger partial charge is 0.303 e. The van der Waals surface area contributed by atoms with E-state index in [0.29, 0.717) is 46.1 Å². The minimum Gasteiger partial charge on any atom is -0.508 e. The van der Waals surface area contributed by atoms with Crippen LogP contribution in [0.2, 0.25) is 0 Å². The van der Waals surface area contributed by atoms with Crippen LogP contribution in [0.5, 0.6) is 28.7 Å². The highest BCUT2D eigenvalue weighted by molar-refractivity contribution is 5.86. The second-order valence-corrected chi connectivity index (χ2v) is 8.23. The molecule has 7 heteroatoms. The maximum atomic E-state index is 11.5.